The molecule has 0 spiro atoms. The van der Waals surface area contributed by atoms with Gasteiger partial charge in [0.1, 0.15) is 0 Å². The first-order valence-electron chi connectivity index (χ1n) is 6.01. The molecule has 2 rings (SSSR count). The Balaban J connectivity index is 2.69. The summed E-state index contributed by atoms with van der Waals surface area (Å²) < 4.78 is 5.49. The number of rotatable bonds is 1. The van der Waals surface area contributed by atoms with Gasteiger partial charge in [0.2, 0.25) is 0 Å². The Kier molecular flexibility index (Phi) is 3.63. The van der Waals surface area contributed by atoms with E-state index in [4.69, 9.17) is 4.74 Å². The van der Waals surface area contributed by atoms with Crippen LogP contribution in [0.4, 0.5) is 0 Å². The molecule has 1 aromatic heterocycles. The van der Waals surface area contributed by atoms with Crippen molar-refractivity contribution in [2.24, 2.45) is 0 Å². The van der Waals surface area contributed by atoms with Crippen LogP contribution in [0.1, 0.15) is 36.7 Å². The predicted octanol–water partition coefficient (Wildman–Crippen LogP) is 4.08. The predicted molar refractivity (Wildman–Crippen MR) is 79.5 cm³/mol. The number of carbonyl (C=O) groups excluding carboxylic acids is 1. The zero-order valence-corrected chi connectivity index (χ0v) is 13.0. The Labute approximate surface area is 121 Å². The summed E-state index contributed by atoms with van der Waals surface area (Å²) in [5, 5.41) is 0.926. The maximum Gasteiger partial charge on any atom is 0.340 e. The molecule has 4 heteroatoms. The van der Waals surface area contributed by atoms with E-state index in [0.29, 0.717) is 5.56 Å². The zero-order valence-electron chi connectivity index (χ0n) is 11.5. The number of methoxy groups -OCH3 is 1. The lowest BCUT2D eigenvalue weighted by molar-refractivity contribution is 0.0599. The minimum absolute atomic E-state index is 0.0505. The normalized spacial score (nSPS) is 11.6. The van der Waals surface area contributed by atoms with Crippen molar-refractivity contribution < 1.29 is 9.53 Å². The van der Waals surface area contributed by atoms with Crippen LogP contribution < -0.4 is 0 Å². The molecule has 0 bridgehead atoms. The molecule has 100 valence electrons. The molecule has 0 saturated heterocycles. The molecule has 3 nitrogen and oxygen atoms in total. The molecule has 0 radical (unpaired) electrons. The van der Waals surface area contributed by atoms with E-state index >= 15 is 0 Å². The second kappa shape index (κ2) is 4.93. The lowest BCUT2D eigenvalue weighted by Crippen LogP contribution is -2.11. The maximum absolute atomic E-state index is 11.7. The summed E-state index contributed by atoms with van der Waals surface area (Å²) in [6, 6.07) is 6.11. The third-order valence-corrected chi connectivity index (χ3v) is 3.93. The second-order valence-corrected chi connectivity index (χ2v) is 6.25. The van der Waals surface area contributed by atoms with Gasteiger partial charge in [-0.05, 0) is 39.0 Å². The number of carbonyl (C=O) groups is 1. The minimum Gasteiger partial charge on any atom is -0.465 e. The quantitative estimate of drug-likeness (QED) is 0.743. The summed E-state index contributed by atoms with van der Waals surface area (Å²) in [4.78, 5) is 16.0. The molecule has 0 fully saturated rings. The summed E-state index contributed by atoms with van der Waals surface area (Å²) >= 11 is 3.48. The average molecular weight is 322 g/mol. The van der Waals surface area contributed by atoms with Crippen LogP contribution in [0.15, 0.2) is 28.9 Å². The standard InChI is InChI=1S/C15H16BrNO2/c1-15(2,3)9-5-6-12-10(7-9)13(16)11(8-17-12)14(18)19-4/h5-8H,1-4H3. The monoisotopic (exact) mass is 321 g/mol. The van der Waals surface area contributed by atoms with E-state index in [1.54, 1.807) is 0 Å². The first-order valence-corrected chi connectivity index (χ1v) is 6.81. The number of hydrogen-bond donors (Lipinski definition) is 0. The van der Waals surface area contributed by atoms with Crippen LogP contribution in [0.2, 0.25) is 0 Å². The molecule has 19 heavy (non-hydrogen) atoms. The van der Waals surface area contributed by atoms with E-state index in [9.17, 15) is 4.79 Å². The number of halogens is 1. The van der Waals surface area contributed by atoms with Crippen molar-refractivity contribution >= 4 is 32.8 Å². The summed E-state index contributed by atoms with van der Waals surface area (Å²) in [6.45, 7) is 6.46. The highest BCUT2D eigenvalue weighted by atomic mass is 79.9. The van der Waals surface area contributed by atoms with E-state index in [1.165, 1.54) is 18.9 Å². The lowest BCUT2D eigenvalue weighted by Gasteiger charge is -2.19. The van der Waals surface area contributed by atoms with Crippen molar-refractivity contribution in [1.82, 2.24) is 4.98 Å². The number of aromatic nitrogens is 1. The topological polar surface area (TPSA) is 39.2 Å². The van der Waals surface area contributed by atoms with Gasteiger partial charge in [-0.1, -0.05) is 26.8 Å². The number of nitrogens with zero attached hydrogens (tertiary/aromatic N) is 1. The lowest BCUT2D eigenvalue weighted by atomic mass is 9.86. The van der Waals surface area contributed by atoms with Gasteiger partial charge in [0.25, 0.3) is 0 Å². The highest BCUT2D eigenvalue weighted by Gasteiger charge is 2.18. The van der Waals surface area contributed by atoms with Crippen molar-refractivity contribution in [3.8, 4) is 0 Å². The molecule has 0 N–H and O–H groups in total. The van der Waals surface area contributed by atoms with E-state index in [0.717, 1.165) is 15.4 Å². The van der Waals surface area contributed by atoms with E-state index in [1.807, 2.05) is 6.07 Å². The molecule has 0 aliphatic carbocycles. The largest absolute Gasteiger partial charge is 0.465 e. The Bertz CT molecular complexity index is 644. The molecule has 0 atom stereocenters. The van der Waals surface area contributed by atoms with Crippen LogP contribution in [0, 0.1) is 0 Å². The van der Waals surface area contributed by atoms with Gasteiger partial charge in [0.05, 0.1) is 18.2 Å². The number of fused-ring (bicyclic) bond motifs is 1. The molecular formula is C15H16BrNO2. The first-order chi connectivity index (χ1) is 8.84. The third-order valence-electron chi connectivity index (χ3n) is 3.07. The molecule has 2 aromatic rings. The highest BCUT2D eigenvalue weighted by Crippen LogP contribution is 2.31. The zero-order chi connectivity index (χ0) is 14.2. The minimum atomic E-state index is -0.387. The number of hydrogen-bond acceptors (Lipinski definition) is 3. The number of pyridine rings is 1. The average Bonchev–Trinajstić information content (AvgIpc) is 2.37. The number of ether oxygens (including phenoxy) is 1. The van der Waals surface area contributed by atoms with Crippen LogP contribution in [-0.2, 0) is 10.2 Å². The van der Waals surface area contributed by atoms with E-state index < -0.39 is 0 Å². The molecule has 0 aliphatic heterocycles. The van der Waals surface area contributed by atoms with Crippen LogP contribution in [-0.4, -0.2) is 18.1 Å². The maximum atomic E-state index is 11.7. The Morgan fingerprint density at radius 3 is 2.58 bits per heavy atom. The number of benzene rings is 1. The van der Waals surface area contributed by atoms with Crippen molar-refractivity contribution in [3.05, 3.63) is 40.0 Å². The Morgan fingerprint density at radius 1 is 1.32 bits per heavy atom. The van der Waals surface area contributed by atoms with Crippen LogP contribution in [0.5, 0.6) is 0 Å². The van der Waals surface area contributed by atoms with Crippen LogP contribution in [0.3, 0.4) is 0 Å². The summed E-state index contributed by atoms with van der Waals surface area (Å²) in [6.07, 6.45) is 1.54. The second-order valence-electron chi connectivity index (χ2n) is 5.46. The Hall–Kier alpha value is -1.42. The fourth-order valence-electron chi connectivity index (χ4n) is 1.88. The van der Waals surface area contributed by atoms with Gasteiger partial charge >= 0.3 is 5.97 Å². The van der Waals surface area contributed by atoms with Gasteiger partial charge in [0.15, 0.2) is 0 Å². The molecule has 0 unspecified atom stereocenters. The van der Waals surface area contributed by atoms with Gasteiger partial charge in [0, 0.05) is 16.1 Å². The third kappa shape index (κ3) is 2.63. The van der Waals surface area contributed by atoms with Crippen LogP contribution >= 0.6 is 15.9 Å². The molecule has 0 aliphatic rings. The fraction of sp³-hybridized carbons (Fsp3) is 0.333. The molecule has 1 heterocycles. The van der Waals surface area contributed by atoms with Crippen molar-refractivity contribution in [3.63, 3.8) is 0 Å². The van der Waals surface area contributed by atoms with Crippen LogP contribution in [0.25, 0.3) is 10.9 Å². The van der Waals surface area contributed by atoms with Gasteiger partial charge < -0.3 is 4.74 Å². The van der Waals surface area contributed by atoms with Crippen molar-refractivity contribution in [2.75, 3.05) is 7.11 Å². The van der Waals surface area contributed by atoms with Crippen molar-refractivity contribution in [1.29, 1.82) is 0 Å². The van der Waals surface area contributed by atoms with Gasteiger partial charge in [-0.25, -0.2) is 4.79 Å². The first kappa shape index (κ1) is 14.0. The van der Waals surface area contributed by atoms with Gasteiger partial charge in [-0.2, -0.15) is 0 Å². The molecule has 0 saturated carbocycles. The summed E-state index contributed by atoms with van der Waals surface area (Å²) in [5.74, 6) is -0.387. The summed E-state index contributed by atoms with van der Waals surface area (Å²) in [5.41, 5.74) is 2.55. The number of esters is 1. The Morgan fingerprint density at radius 2 is 2.00 bits per heavy atom. The highest BCUT2D eigenvalue weighted by molar-refractivity contribution is 9.10. The SMILES string of the molecule is COC(=O)c1cnc2ccc(C(C)(C)C)cc2c1Br. The van der Waals surface area contributed by atoms with Gasteiger partial charge in [-0.15, -0.1) is 0 Å². The van der Waals surface area contributed by atoms with E-state index in [2.05, 4.69) is 53.8 Å². The molecule has 0 amide bonds. The van der Waals surface area contributed by atoms with Crippen molar-refractivity contribution in [2.45, 2.75) is 26.2 Å². The molecule has 1 aromatic carbocycles. The molecular weight excluding hydrogens is 306 g/mol. The smallest absolute Gasteiger partial charge is 0.340 e. The van der Waals surface area contributed by atoms with Gasteiger partial charge in [-0.3, -0.25) is 4.98 Å². The van der Waals surface area contributed by atoms with E-state index in [-0.39, 0.29) is 11.4 Å². The summed E-state index contributed by atoms with van der Waals surface area (Å²) in [7, 11) is 1.37. The fourth-order valence-corrected chi connectivity index (χ4v) is 2.46.